The van der Waals surface area contributed by atoms with Gasteiger partial charge in [0.1, 0.15) is 11.6 Å². The van der Waals surface area contributed by atoms with Crippen molar-refractivity contribution in [1.82, 2.24) is 9.71 Å². The predicted octanol–water partition coefficient (Wildman–Crippen LogP) is 3.67. The number of ether oxygens (including phenoxy) is 2. The van der Waals surface area contributed by atoms with E-state index in [-0.39, 0.29) is 35.3 Å². The number of rotatable bonds is 8. The van der Waals surface area contributed by atoms with Gasteiger partial charge < -0.3 is 9.47 Å². The molecule has 0 saturated carbocycles. The molecular weight excluding hydrogens is 411 g/mol. The van der Waals surface area contributed by atoms with Crippen molar-refractivity contribution in [2.75, 3.05) is 6.61 Å². The second kappa shape index (κ2) is 9.47. The highest BCUT2D eigenvalue weighted by molar-refractivity contribution is 7.89. The molecule has 7 nitrogen and oxygen atoms in total. The standard InChI is InChI=1S/C21H19FN2O5S/c1-2-28-21(25)16-4-3-5-19(13-16)30(26,27)24-14-15-10-11-23-20(12-15)29-18-8-6-17(22)7-9-18/h3-13,24H,2,14H2,1H3. The van der Waals surface area contributed by atoms with Gasteiger partial charge in [-0.3, -0.25) is 0 Å². The molecule has 0 aliphatic heterocycles. The number of hydrogen-bond acceptors (Lipinski definition) is 6. The lowest BCUT2D eigenvalue weighted by Gasteiger charge is -2.10. The van der Waals surface area contributed by atoms with Gasteiger partial charge in [-0.1, -0.05) is 6.07 Å². The average molecular weight is 430 g/mol. The molecule has 1 aromatic heterocycles. The summed E-state index contributed by atoms with van der Waals surface area (Å²) in [5, 5.41) is 0. The second-order valence-corrected chi connectivity index (χ2v) is 7.90. The molecule has 0 amide bonds. The third kappa shape index (κ3) is 5.62. The molecule has 3 aromatic rings. The van der Waals surface area contributed by atoms with Crippen LogP contribution in [0.4, 0.5) is 4.39 Å². The first-order valence-electron chi connectivity index (χ1n) is 9.02. The normalized spacial score (nSPS) is 11.1. The first kappa shape index (κ1) is 21.4. The van der Waals surface area contributed by atoms with Crippen molar-refractivity contribution < 1.29 is 27.1 Å². The SMILES string of the molecule is CCOC(=O)c1cccc(S(=O)(=O)NCc2ccnc(Oc3ccc(F)cc3)c2)c1. The molecule has 0 spiro atoms. The minimum atomic E-state index is -3.87. The number of halogens is 1. The molecule has 30 heavy (non-hydrogen) atoms. The molecule has 1 heterocycles. The molecule has 0 saturated heterocycles. The van der Waals surface area contributed by atoms with Gasteiger partial charge >= 0.3 is 5.97 Å². The van der Waals surface area contributed by atoms with Gasteiger partial charge in [-0.15, -0.1) is 0 Å². The highest BCUT2D eigenvalue weighted by Crippen LogP contribution is 2.20. The van der Waals surface area contributed by atoms with Crippen molar-refractivity contribution in [3.8, 4) is 11.6 Å². The molecule has 0 unspecified atom stereocenters. The molecule has 0 atom stereocenters. The zero-order valence-electron chi connectivity index (χ0n) is 16.0. The maximum absolute atomic E-state index is 13.0. The van der Waals surface area contributed by atoms with Crippen molar-refractivity contribution in [3.05, 3.63) is 83.8 Å². The Kier molecular flexibility index (Phi) is 6.76. The van der Waals surface area contributed by atoms with Gasteiger partial charge in [0.15, 0.2) is 0 Å². The molecule has 0 bridgehead atoms. The van der Waals surface area contributed by atoms with Crippen LogP contribution in [-0.4, -0.2) is 26.0 Å². The lowest BCUT2D eigenvalue weighted by Crippen LogP contribution is -2.23. The van der Waals surface area contributed by atoms with E-state index in [9.17, 15) is 17.6 Å². The minimum absolute atomic E-state index is 0.0196. The van der Waals surface area contributed by atoms with E-state index in [0.717, 1.165) is 0 Å². The average Bonchev–Trinajstić information content (AvgIpc) is 2.75. The topological polar surface area (TPSA) is 94.6 Å². The van der Waals surface area contributed by atoms with Gasteiger partial charge in [0.05, 0.1) is 17.1 Å². The van der Waals surface area contributed by atoms with Crippen LogP contribution < -0.4 is 9.46 Å². The van der Waals surface area contributed by atoms with Crippen molar-refractivity contribution in [3.63, 3.8) is 0 Å². The summed E-state index contributed by atoms with van der Waals surface area (Å²) in [6.45, 7) is 1.84. The number of nitrogens with one attached hydrogen (secondary N) is 1. The zero-order chi connectivity index (χ0) is 21.6. The van der Waals surface area contributed by atoms with Gasteiger partial charge in [0, 0.05) is 18.8 Å². The highest BCUT2D eigenvalue weighted by atomic mass is 32.2. The second-order valence-electron chi connectivity index (χ2n) is 6.13. The molecule has 156 valence electrons. The molecule has 0 aliphatic rings. The summed E-state index contributed by atoms with van der Waals surface area (Å²) >= 11 is 0. The van der Waals surface area contributed by atoms with E-state index in [1.807, 2.05) is 0 Å². The van der Waals surface area contributed by atoms with Gasteiger partial charge in [-0.2, -0.15) is 0 Å². The van der Waals surface area contributed by atoms with E-state index in [0.29, 0.717) is 11.3 Å². The van der Waals surface area contributed by atoms with Crippen molar-refractivity contribution >= 4 is 16.0 Å². The van der Waals surface area contributed by atoms with Crippen LogP contribution in [0, 0.1) is 5.82 Å². The largest absolute Gasteiger partial charge is 0.462 e. The number of hydrogen-bond donors (Lipinski definition) is 1. The van der Waals surface area contributed by atoms with Crippen LogP contribution >= 0.6 is 0 Å². The molecule has 0 fully saturated rings. The fraction of sp³-hybridized carbons (Fsp3) is 0.143. The van der Waals surface area contributed by atoms with Gasteiger partial charge in [0.2, 0.25) is 15.9 Å². The summed E-state index contributed by atoms with van der Waals surface area (Å²) in [7, 11) is -3.87. The Morgan fingerprint density at radius 3 is 2.60 bits per heavy atom. The van der Waals surface area contributed by atoms with Crippen LogP contribution in [0.2, 0.25) is 0 Å². The van der Waals surface area contributed by atoms with E-state index in [2.05, 4.69) is 9.71 Å². The van der Waals surface area contributed by atoms with Crippen molar-refractivity contribution in [2.24, 2.45) is 0 Å². The number of aromatic nitrogens is 1. The van der Waals surface area contributed by atoms with E-state index in [4.69, 9.17) is 9.47 Å². The van der Waals surface area contributed by atoms with Gasteiger partial charge in [-0.05, 0) is 61.0 Å². The van der Waals surface area contributed by atoms with Crippen LogP contribution in [0.15, 0.2) is 71.8 Å². The number of esters is 1. The third-order valence-electron chi connectivity index (χ3n) is 3.96. The Labute approximate surface area is 173 Å². The quantitative estimate of drug-likeness (QED) is 0.548. The first-order chi connectivity index (χ1) is 14.4. The molecule has 2 aromatic carbocycles. The molecule has 3 rings (SSSR count). The lowest BCUT2D eigenvalue weighted by molar-refractivity contribution is 0.0526. The van der Waals surface area contributed by atoms with Crippen molar-refractivity contribution in [2.45, 2.75) is 18.4 Å². The zero-order valence-corrected chi connectivity index (χ0v) is 16.9. The van der Waals surface area contributed by atoms with Gasteiger partial charge in [0.25, 0.3) is 0 Å². The molecule has 9 heteroatoms. The van der Waals surface area contributed by atoms with E-state index in [1.54, 1.807) is 19.1 Å². The van der Waals surface area contributed by atoms with Crippen molar-refractivity contribution in [1.29, 1.82) is 0 Å². The monoisotopic (exact) mass is 430 g/mol. The first-order valence-corrected chi connectivity index (χ1v) is 10.5. The summed E-state index contributed by atoms with van der Waals surface area (Å²) in [6, 6.07) is 14.3. The summed E-state index contributed by atoms with van der Waals surface area (Å²) in [5.74, 6) is -0.336. The molecule has 0 aliphatic carbocycles. The van der Waals surface area contributed by atoms with Crippen LogP contribution in [0.5, 0.6) is 11.6 Å². The Morgan fingerprint density at radius 1 is 1.10 bits per heavy atom. The van der Waals surface area contributed by atoms with Crippen LogP contribution in [0.3, 0.4) is 0 Å². The Morgan fingerprint density at radius 2 is 1.87 bits per heavy atom. The number of carbonyl (C=O) groups is 1. The summed E-state index contributed by atoms with van der Waals surface area (Å²) in [6.07, 6.45) is 1.48. The highest BCUT2D eigenvalue weighted by Gasteiger charge is 2.17. The smallest absolute Gasteiger partial charge is 0.338 e. The maximum atomic E-state index is 13.0. The Hall–Kier alpha value is -3.30. The molecule has 1 N–H and O–H groups in total. The summed E-state index contributed by atoms with van der Waals surface area (Å²) < 4.78 is 51.1. The fourth-order valence-corrected chi connectivity index (χ4v) is 3.57. The van der Waals surface area contributed by atoms with Crippen LogP contribution in [0.1, 0.15) is 22.8 Å². The predicted molar refractivity (Wildman–Crippen MR) is 107 cm³/mol. The Bertz CT molecular complexity index is 1130. The van der Waals surface area contributed by atoms with E-state index >= 15 is 0 Å². The number of carbonyl (C=O) groups excluding carboxylic acids is 1. The minimum Gasteiger partial charge on any atom is -0.462 e. The van der Waals surface area contributed by atoms with E-state index in [1.165, 1.54) is 54.7 Å². The van der Waals surface area contributed by atoms with Crippen LogP contribution in [0.25, 0.3) is 0 Å². The molecular formula is C21H19FN2O5S. The summed E-state index contributed by atoms with van der Waals surface area (Å²) in [5.41, 5.74) is 0.755. The van der Waals surface area contributed by atoms with Crippen LogP contribution in [-0.2, 0) is 21.3 Å². The maximum Gasteiger partial charge on any atom is 0.338 e. The Balaban J connectivity index is 1.69. The lowest BCUT2D eigenvalue weighted by atomic mass is 10.2. The van der Waals surface area contributed by atoms with E-state index < -0.39 is 16.0 Å². The van der Waals surface area contributed by atoms with Gasteiger partial charge in [-0.25, -0.2) is 27.3 Å². The summed E-state index contributed by atoms with van der Waals surface area (Å²) in [4.78, 5) is 15.8. The number of nitrogens with zero attached hydrogens (tertiary/aromatic N) is 1. The number of pyridine rings is 1. The fourth-order valence-electron chi connectivity index (χ4n) is 2.51. The number of sulfonamides is 1. The third-order valence-corrected chi connectivity index (χ3v) is 5.36. The number of benzene rings is 2. The molecule has 0 radical (unpaired) electrons.